The van der Waals surface area contributed by atoms with Gasteiger partial charge in [0.25, 0.3) is 5.91 Å². The van der Waals surface area contributed by atoms with Crippen molar-refractivity contribution in [3.63, 3.8) is 0 Å². The molecule has 0 saturated carbocycles. The van der Waals surface area contributed by atoms with Crippen molar-refractivity contribution >= 4 is 17.7 Å². The molecule has 1 amide bonds. The standard InChI is InChI=1S/C14H19N3O3/c1-8-4-3-7-17(11(8)14(19)20)13-10(12(15)18)6-5-9(2)16-13/h5-6,8,11H,3-4,7H2,1-2H3,(H2,15,18)(H,19,20). The fourth-order valence-corrected chi connectivity index (χ4v) is 2.76. The largest absolute Gasteiger partial charge is 0.480 e. The predicted molar refractivity (Wildman–Crippen MR) is 74.7 cm³/mol. The molecule has 0 spiro atoms. The summed E-state index contributed by atoms with van der Waals surface area (Å²) in [5, 5.41) is 9.45. The molecule has 2 unspecified atom stereocenters. The molecule has 0 aromatic carbocycles. The third kappa shape index (κ3) is 2.59. The van der Waals surface area contributed by atoms with E-state index in [4.69, 9.17) is 5.73 Å². The van der Waals surface area contributed by atoms with E-state index < -0.39 is 17.9 Å². The average molecular weight is 277 g/mol. The van der Waals surface area contributed by atoms with Gasteiger partial charge in [-0.25, -0.2) is 9.78 Å². The molecule has 0 bridgehead atoms. The van der Waals surface area contributed by atoms with Crippen LogP contribution in [0.2, 0.25) is 0 Å². The number of piperidine rings is 1. The topological polar surface area (TPSA) is 96.5 Å². The van der Waals surface area contributed by atoms with E-state index in [0.717, 1.165) is 18.5 Å². The van der Waals surface area contributed by atoms with Crippen LogP contribution in [0.3, 0.4) is 0 Å². The van der Waals surface area contributed by atoms with Crippen molar-refractivity contribution in [1.82, 2.24) is 4.98 Å². The van der Waals surface area contributed by atoms with Crippen LogP contribution >= 0.6 is 0 Å². The van der Waals surface area contributed by atoms with Crippen molar-refractivity contribution in [3.05, 3.63) is 23.4 Å². The van der Waals surface area contributed by atoms with Gasteiger partial charge in [0.15, 0.2) is 0 Å². The van der Waals surface area contributed by atoms with Gasteiger partial charge in [0.05, 0.1) is 5.56 Å². The van der Waals surface area contributed by atoms with Crippen LogP contribution in [0.5, 0.6) is 0 Å². The number of rotatable bonds is 3. The number of amides is 1. The smallest absolute Gasteiger partial charge is 0.326 e. The summed E-state index contributed by atoms with van der Waals surface area (Å²) < 4.78 is 0. The van der Waals surface area contributed by atoms with Crippen LogP contribution in [-0.2, 0) is 4.79 Å². The molecule has 6 heteroatoms. The maximum absolute atomic E-state index is 11.5. The molecule has 108 valence electrons. The zero-order valence-electron chi connectivity index (χ0n) is 11.7. The Balaban J connectivity index is 2.50. The van der Waals surface area contributed by atoms with E-state index in [9.17, 15) is 14.7 Å². The maximum atomic E-state index is 11.5. The molecule has 1 aliphatic rings. The SMILES string of the molecule is Cc1ccc(C(N)=O)c(N2CCCC(C)C2C(=O)O)n1. The molecule has 20 heavy (non-hydrogen) atoms. The van der Waals surface area contributed by atoms with Crippen LogP contribution in [-0.4, -0.2) is 34.6 Å². The molecule has 0 radical (unpaired) electrons. The van der Waals surface area contributed by atoms with Gasteiger partial charge in [0.2, 0.25) is 0 Å². The predicted octanol–water partition coefficient (Wildman–Crippen LogP) is 1.18. The first-order valence-corrected chi connectivity index (χ1v) is 6.68. The van der Waals surface area contributed by atoms with E-state index in [1.807, 2.05) is 6.92 Å². The van der Waals surface area contributed by atoms with Crippen molar-refractivity contribution in [2.24, 2.45) is 11.7 Å². The molecule has 1 saturated heterocycles. The Morgan fingerprint density at radius 3 is 2.75 bits per heavy atom. The maximum Gasteiger partial charge on any atom is 0.326 e. The first kappa shape index (κ1) is 14.3. The lowest BCUT2D eigenvalue weighted by atomic mass is 9.90. The monoisotopic (exact) mass is 277 g/mol. The molecular weight excluding hydrogens is 258 g/mol. The zero-order chi connectivity index (χ0) is 14.9. The van der Waals surface area contributed by atoms with E-state index in [1.165, 1.54) is 0 Å². The molecule has 2 rings (SSSR count). The molecule has 1 aromatic rings. The van der Waals surface area contributed by atoms with Crippen molar-refractivity contribution in [2.45, 2.75) is 32.7 Å². The van der Waals surface area contributed by atoms with Gasteiger partial charge < -0.3 is 15.7 Å². The van der Waals surface area contributed by atoms with E-state index in [0.29, 0.717) is 12.4 Å². The number of anilines is 1. The third-order valence-corrected chi connectivity index (χ3v) is 3.74. The highest BCUT2D eigenvalue weighted by Crippen LogP contribution is 2.30. The number of carboxylic acid groups (broad SMARTS) is 1. The third-order valence-electron chi connectivity index (χ3n) is 3.74. The van der Waals surface area contributed by atoms with Crippen LogP contribution in [0.25, 0.3) is 0 Å². The fraction of sp³-hybridized carbons (Fsp3) is 0.500. The number of hydrogen-bond donors (Lipinski definition) is 2. The highest BCUT2D eigenvalue weighted by molar-refractivity contribution is 5.98. The Labute approximate surface area is 117 Å². The summed E-state index contributed by atoms with van der Waals surface area (Å²) in [7, 11) is 0. The summed E-state index contributed by atoms with van der Waals surface area (Å²) in [5.74, 6) is -1.09. The number of carbonyl (C=O) groups is 2. The Kier molecular flexibility index (Phi) is 3.92. The molecule has 2 atom stereocenters. The van der Waals surface area contributed by atoms with Gasteiger partial charge in [0.1, 0.15) is 11.9 Å². The summed E-state index contributed by atoms with van der Waals surface area (Å²) >= 11 is 0. The van der Waals surface area contributed by atoms with Crippen molar-refractivity contribution in [1.29, 1.82) is 0 Å². The number of carboxylic acids is 1. The van der Waals surface area contributed by atoms with E-state index >= 15 is 0 Å². The minimum Gasteiger partial charge on any atom is -0.480 e. The van der Waals surface area contributed by atoms with Gasteiger partial charge in [-0.1, -0.05) is 6.92 Å². The number of aryl methyl sites for hydroxylation is 1. The molecule has 1 fully saturated rings. The van der Waals surface area contributed by atoms with Crippen molar-refractivity contribution in [2.75, 3.05) is 11.4 Å². The Bertz CT molecular complexity index is 544. The summed E-state index contributed by atoms with van der Waals surface area (Å²) in [6.45, 7) is 4.28. The van der Waals surface area contributed by atoms with E-state index in [-0.39, 0.29) is 11.5 Å². The molecule has 1 aliphatic heterocycles. The first-order valence-electron chi connectivity index (χ1n) is 6.68. The van der Waals surface area contributed by atoms with Crippen LogP contribution in [0.1, 0.15) is 35.8 Å². The van der Waals surface area contributed by atoms with Gasteiger partial charge in [-0.15, -0.1) is 0 Å². The van der Waals surface area contributed by atoms with Gasteiger partial charge in [0, 0.05) is 12.2 Å². The van der Waals surface area contributed by atoms with Gasteiger partial charge in [-0.05, 0) is 37.8 Å². The van der Waals surface area contributed by atoms with Crippen molar-refractivity contribution < 1.29 is 14.7 Å². The van der Waals surface area contributed by atoms with Crippen molar-refractivity contribution in [3.8, 4) is 0 Å². The summed E-state index contributed by atoms with van der Waals surface area (Å²) in [6, 6.07) is 2.64. The second-order valence-electron chi connectivity index (χ2n) is 5.28. The minimum atomic E-state index is -0.893. The number of aromatic nitrogens is 1. The number of aliphatic carboxylic acids is 1. The second kappa shape index (κ2) is 5.48. The lowest BCUT2D eigenvalue weighted by Crippen LogP contribution is -2.50. The van der Waals surface area contributed by atoms with Crippen LogP contribution < -0.4 is 10.6 Å². The number of nitrogens with two attached hydrogens (primary N) is 1. The van der Waals surface area contributed by atoms with E-state index in [2.05, 4.69) is 4.98 Å². The van der Waals surface area contributed by atoms with Gasteiger partial charge in [-0.3, -0.25) is 4.79 Å². The number of nitrogens with zero attached hydrogens (tertiary/aromatic N) is 2. The molecular formula is C14H19N3O3. The number of primary amides is 1. The minimum absolute atomic E-state index is 0.00397. The lowest BCUT2D eigenvalue weighted by molar-refractivity contribution is -0.140. The quantitative estimate of drug-likeness (QED) is 0.864. The Morgan fingerprint density at radius 1 is 1.45 bits per heavy atom. The summed E-state index contributed by atoms with van der Waals surface area (Å²) in [6.07, 6.45) is 1.73. The van der Waals surface area contributed by atoms with Gasteiger partial charge >= 0.3 is 5.97 Å². The highest BCUT2D eigenvalue weighted by Gasteiger charge is 2.36. The summed E-state index contributed by atoms with van der Waals surface area (Å²) in [4.78, 5) is 29.1. The number of carbonyl (C=O) groups excluding carboxylic acids is 1. The first-order chi connectivity index (χ1) is 9.41. The summed E-state index contributed by atoms with van der Waals surface area (Å²) in [5.41, 5.74) is 6.38. The van der Waals surface area contributed by atoms with Crippen LogP contribution in [0, 0.1) is 12.8 Å². The second-order valence-corrected chi connectivity index (χ2v) is 5.28. The fourth-order valence-electron chi connectivity index (χ4n) is 2.76. The van der Waals surface area contributed by atoms with Crippen LogP contribution in [0.15, 0.2) is 12.1 Å². The molecule has 2 heterocycles. The Morgan fingerprint density at radius 2 is 2.15 bits per heavy atom. The zero-order valence-corrected chi connectivity index (χ0v) is 11.7. The highest BCUT2D eigenvalue weighted by atomic mass is 16.4. The van der Waals surface area contributed by atoms with Crippen LogP contribution in [0.4, 0.5) is 5.82 Å². The molecule has 3 N–H and O–H groups in total. The number of pyridine rings is 1. The molecule has 6 nitrogen and oxygen atoms in total. The lowest BCUT2D eigenvalue weighted by Gasteiger charge is -2.38. The van der Waals surface area contributed by atoms with E-state index in [1.54, 1.807) is 24.0 Å². The Hall–Kier alpha value is -2.11. The van der Waals surface area contributed by atoms with Gasteiger partial charge in [-0.2, -0.15) is 0 Å². The normalized spacial score (nSPS) is 22.6. The number of hydrogen-bond acceptors (Lipinski definition) is 4. The molecule has 0 aliphatic carbocycles. The molecule has 1 aromatic heterocycles. The average Bonchev–Trinajstić information content (AvgIpc) is 2.37.